The van der Waals surface area contributed by atoms with Gasteiger partial charge in [0.1, 0.15) is 28.5 Å². The average Bonchev–Trinajstić information content (AvgIpc) is 3.22. The molecule has 5 rings (SSSR count). The van der Waals surface area contributed by atoms with E-state index in [1.807, 2.05) is 38.1 Å². The van der Waals surface area contributed by atoms with Crippen LogP contribution < -0.4 is 10.1 Å². The Balaban J connectivity index is 1.45. The number of aromatic nitrogens is 3. The maximum atomic E-state index is 5.99. The predicted molar refractivity (Wildman–Crippen MR) is 121 cm³/mol. The highest BCUT2D eigenvalue weighted by atomic mass is 32.1. The van der Waals surface area contributed by atoms with Gasteiger partial charge in [-0.1, -0.05) is 0 Å². The fourth-order valence-corrected chi connectivity index (χ4v) is 5.15. The number of hydrogen-bond donors (Lipinski definition) is 1. The molecule has 1 aliphatic rings. The van der Waals surface area contributed by atoms with E-state index in [9.17, 15) is 0 Å². The molecule has 0 bridgehead atoms. The summed E-state index contributed by atoms with van der Waals surface area (Å²) in [4.78, 5) is 18.1. The Morgan fingerprint density at radius 3 is 2.77 bits per heavy atom. The van der Waals surface area contributed by atoms with Crippen LogP contribution in [0.25, 0.3) is 10.2 Å². The van der Waals surface area contributed by atoms with Crippen LogP contribution in [0.1, 0.15) is 34.7 Å². The van der Waals surface area contributed by atoms with Crippen LogP contribution in [0.15, 0.2) is 42.9 Å². The second-order valence-corrected chi connectivity index (χ2v) is 8.86. The van der Waals surface area contributed by atoms with Gasteiger partial charge in [-0.3, -0.25) is 9.88 Å². The molecule has 0 spiro atoms. The third-order valence-corrected chi connectivity index (χ3v) is 6.72. The lowest BCUT2D eigenvalue weighted by atomic mass is 10.1. The molecule has 7 heteroatoms. The normalized spacial score (nSPS) is 16.1. The summed E-state index contributed by atoms with van der Waals surface area (Å²) in [7, 11) is 2.16. The van der Waals surface area contributed by atoms with Crippen molar-refractivity contribution < 1.29 is 4.74 Å². The van der Waals surface area contributed by atoms with Crippen molar-refractivity contribution in [3.63, 3.8) is 0 Å². The van der Waals surface area contributed by atoms with E-state index in [2.05, 4.69) is 45.2 Å². The van der Waals surface area contributed by atoms with E-state index in [0.717, 1.165) is 51.0 Å². The number of aryl methyl sites for hydroxylation is 2. The quantitative estimate of drug-likeness (QED) is 0.456. The topological polar surface area (TPSA) is 63.2 Å². The monoisotopic (exact) mass is 417 g/mol. The second-order valence-electron chi connectivity index (χ2n) is 7.78. The summed E-state index contributed by atoms with van der Waals surface area (Å²) in [5, 5.41) is 4.64. The van der Waals surface area contributed by atoms with Crippen LogP contribution in [0.3, 0.4) is 0 Å². The molecule has 0 saturated heterocycles. The van der Waals surface area contributed by atoms with Gasteiger partial charge in [0.25, 0.3) is 0 Å². The third-order valence-electron chi connectivity index (χ3n) is 5.62. The summed E-state index contributed by atoms with van der Waals surface area (Å²) < 4.78 is 5.99. The first kappa shape index (κ1) is 19.0. The number of benzene rings is 1. The first-order chi connectivity index (χ1) is 14.5. The van der Waals surface area contributed by atoms with E-state index in [4.69, 9.17) is 4.74 Å². The Morgan fingerprint density at radius 2 is 2.00 bits per heavy atom. The molecule has 1 N–H and O–H groups in total. The Hall–Kier alpha value is -3.03. The molecule has 1 unspecified atom stereocenters. The Labute approximate surface area is 179 Å². The van der Waals surface area contributed by atoms with Crippen molar-refractivity contribution >= 4 is 33.1 Å². The molecule has 30 heavy (non-hydrogen) atoms. The highest BCUT2D eigenvalue weighted by Crippen LogP contribution is 2.45. The van der Waals surface area contributed by atoms with Gasteiger partial charge in [-0.2, -0.15) is 0 Å². The molecule has 6 nitrogen and oxygen atoms in total. The van der Waals surface area contributed by atoms with Gasteiger partial charge in [0, 0.05) is 28.8 Å². The first-order valence-corrected chi connectivity index (χ1v) is 10.8. The highest BCUT2D eigenvalue weighted by molar-refractivity contribution is 7.19. The molecule has 152 valence electrons. The number of ether oxygens (including phenoxy) is 1. The van der Waals surface area contributed by atoms with E-state index in [0.29, 0.717) is 6.04 Å². The summed E-state index contributed by atoms with van der Waals surface area (Å²) in [6.07, 6.45) is 3.38. The number of anilines is 2. The Kier molecular flexibility index (Phi) is 4.64. The standard InChI is InChI=1S/C23H23N5OS/c1-13-9-16(6-8-18(13)29-17-7-5-14(2)24-10-17)27-22-21-20-15(3)28(4)11-19(20)30-23(21)26-12-25-22/h5-10,12,15H,11H2,1-4H3,(H,25,26,27). The molecule has 1 atom stereocenters. The largest absolute Gasteiger partial charge is 0.455 e. The van der Waals surface area contributed by atoms with Crippen molar-refractivity contribution in [1.29, 1.82) is 0 Å². The van der Waals surface area contributed by atoms with Crippen molar-refractivity contribution in [3.05, 3.63) is 64.6 Å². The first-order valence-electron chi connectivity index (χ1n) is 9.94. The van der Waals surface area contributed by atoms with Gasteiger partial charge in [0.05, 0.1) is 11.6 Å². The smallest absolute Gasteiger partial charge is 0.145 e. The van der Waals surface area contributed by atoms with Crippen LogP contribution in [0, 0.1) is 13.8 Å². The van der Waals surface area contributed by atoms with Crippen LogP contribution in [0.4, 0.5) is 11.5 Å². The van der Waals surface area contributed by atoms with Crippen LogP contribution >= 0.6 is 11.3 Å². The van der Waals surface area contributed by atoms with E-state index < -0.39 is 0 Å². The Bertz CT molecular complexity index is 1230. The number of pyridine rings is 1. The van der Waals surface area contributed by atoms with Gasteiger partial charge < -0.3 is 10.1 Å². The summed E-state index contributed by atoms with van der Waals surface area (Å²) in [6, 6.07) is 10.3. The summed E-state index contributed by atoms with van der Waals surface area (Å²) in [6.45, 7) is 7.21. The predicted octanol–water partition coefficient (Wildman–Crippen LogP) is 5.75. The van der Waals surface area contributed by atoms with Crippen molar-refractivity contribution in [1.82, 2.24) is 19.9 Å². The van der Waals surface area contributed by atoms with E-state index in [-0.39, 0.29) is 0 Å². The lowest BCUT2D eigenvalue weighted by molar-refractivity contribution is 0.288. The summed E-state index contributed by atoms with van der Waals surface area (Å²) in [5.41, 5.74) is 4.33. The van der Waals surface area contributed by atoms with Gasteiger partial charge in [-0.05, 0) is 69.3 Å². The molecule has 3 aromatic heterocycles. The van der Waals surface area contributed by atoms with Crippen LogP contribution in [0.5, 0.6) is 11.5 Å². The molecule has 0 aliphatic carbocycles. The second kappa shape index (κ2) is 7.34. The number of thiophene rings is 1. The molecule has 4 heterocycles. The molecule has 0 saturated carbocycles. The minimum atomic E-state index is 0.362. The van der Waals surface area contributed by atoms with Gasteiger partial charge in [-0.25, -0.2) is 9.97 Å². The molecule has 1 aromatic carbocycles. The SMILES string of the molecule is Cc1ccc(Oc2ccc(Nc3ncnc4sc5c(c34)C(C)N(C)C5)cc2C)cn1. The zero-order chi connectivity index (χ0) is 20.8. The van der Waals surface area contributed by atoms with E-state index >= 15 is 0 Å². The lowest BCUT2D eigenvalue weighted by Gasteiger charge is -2.16. The van der Waals surface area contributed by atoms with Gasteiger partial charge in [-0.15, -0.1) is 11.3 Å². The van der Waals surface area contributed by atoms with Gasteiger partial charge in [0.2, 0.25) is 0 Å². The minimum Gasteiger partial charge on any atom is -0.455 e. The molecule has 0 amide bonds. The number of rotatable bonds is 4. The fraction of sp³-hybridized carbons (Fsp3) is 0.261. The van der Waals surface area contributed by atoms with Crippen molar-refractivity contribution in [3.8, 4) is 11.5 Å². The number of nitrogens with zero attached hydrogens (tertiary/aromatic N) is 4. The molecular formula is C23H23N5OS. The zero-order valence-corrected chi connectivity index (χ0v) is 18.2. The lowest BCUT2D eigenvalue weighted by Crippen LogP contribution is -2.13. The van der Waals surface area contributed by atoms with Crippen LogP contribution in [-0.4, -0.2) is 26.9 Å². The van der Waals surface area contributed by atoms with Crippen molar-refractivity contribution in [2.75, 3.05) is 12.4 Å². The number of nitrogens with one attached hydrogen (secondary N) is 1. The maximum Gasteiger partial charge on any atom is 0.145 e. The minimum absolute atomic E-state index is 0.362. The molecule has 0 fully saturated rings. The van der Waals surface area contributed by atoms with Gasteiger partial charge >= 0.3 is 0 Å². The fourth-order valence-electron chi connectivity index (χ4n) is 3.86. The van der Waals surface area contributed by atoms with Crippen LogP contribution in [0.2, 0.25) is 0 Å². The van der Waals surface area contributed by atoms with Crippen molar-refractivity contribution in [2.45, 2.75) is 33.4 Å². The third kappa shape index (κ3) is 3.30. The molecular weight excluding hydrogens is 394 g/mol. The van der Waals surface area contributed by atoms with Gasteiger partial charge in [0.15, 0.2) is 0 Å². The number of fused-ring (bicyclic) bond motifs is 3. The molecule has 4 aromatic rings. The summed E-state index contributed by atoms with van der Waals surface area (Å²) >= 11 is 1.77. The highest BCUT2D eigenvalue weighted by Gasteiger charge is 2.30. The average molecular weight is 418 g/mol. The zero-order valence-electron chi connectivity index (χ0n) is 17.4. The Morgan fingerprint density at radius 1 is 1.13 bits per heavy atom. The van der Waals surface area contributed by atoms with Crippen molar-refractivity contribution in [2.24, 2.45) is 0 Å². The van der Waals surface area contributed by atoms with Crippen LogP contribution in [-0.2, 0) is 6.54 Å². The van der Waals surface area contributed by atoms with E-state index in [1.54, 1.807) is 23.9 Å². The van der Waals surface area contributed by atoms with E-state index in [1.165, 1.54) is 10.4 Å². The number of hydrogen-bond acceptors (Lipinski definition) is 7. The maximum absolute atomic E-state index is 5.99. The summed E-state index contributed by atoms with van der Waals surface area (Å²) in [5.74, 6) is 2.40. The molecule has 1 aliphatic heterocycles. The molecule has 0 radical (unpaired) electrons.